The average molecular weight is 318 g/mol. The largest absolute Gasteiger partial charge is 0.377 e. The van der Waals surface area contributed by atoms with E-state index in [2.05, 4.69) is 0 Å². The lowest BCUT2D eigenvalue weighted by atomic mass is 10.1. The summed E-state index contributed by atoms with van der Waals surface area (Å²) in [7, 11) is -3.75. The maximum absolute atomic E-state index is 13.6. The molecule has 0 saturated carbocycles. The summed E-state index contributed by atoms with van der Waals surface area (Å²) < 4.78 is 56.0. The smallest absolute Gasteiger partial charge is 0.183 e. The van der Waals surface area contributed by atoms with Crippen molar-refractivity contribution in [1.82, 2.24) is 0 Å². The number of benzene rings is 1. The first-order chi connectivity index (χ1) is 9.81. The van der Waals surface area contributed by atoms with E-state index in [0.717, 1.165) is 18.6 Å². The second-order valence-electron chi connectivity index (χ2n) is 5.10. The predicted octanol–water partition coefficient (Wildman–Crippen LogP) is 2.13. The number of Topliss-reactive ketones (excluding diaryl/α,β-unsaturated/α-hetero) is 1. The fourth-order valence-corrected chi connectivity index (χ4v) is 3.77. The molecule has 1 saturated heterocycles. The summed E-state index contributed by atoms with van der Waals surface area (Å²) in [4.78, 5) is 12.1. The van der Waals surface area contributed by atoms with Gasteiger partial charge in [0.15, 0.2) is 15.6 Å². The molecule has 1 aromatic carbocycles. The van der Waals surface area contributed by atoms with Crippen LogP contribution in [0.4, 0.5) is 8.78 Å². The summed E-state index contributed by atoms with van der Waals surface area (Å²) >= 11 is 0. The third-order valence-corrected chi connectivity index (χ3v) is 5.67. The molecule has 0 aromatic heterocycles. The molecule has 0 amide bonds. The van der Waals surface area contributed by atoms with E-state index in [9.17, 15) is 22.0 Å². The first-order valence-electron chi connectivity index (χ1n) is 6.63. The molecule has 0 radical (unpaired) electrons. The Morgan fingerprint density at radius 1 is 1.43 bits per heavy atom. The number of halogens is 2. The molecule has 0 N–H and O–H groups in total. The quantitative estimate of drug-likeness (QED) is 0.780. The van der Waals surface area contributed by atoms with Gasteiger partial charge in [0.25, 0.3) is 0 Å². The number of hydrogen-bond acceptors (Lipinski definition) is 4. The zero-order chi connectivity index (χ0) is 15.6. The van der Waals surface area contributed by atoms with Crippen molar-refractivity contribution in [2.24, 2.45) is 0 Å². The Hall–Kier alpha value is -1.34. The van der Waals surface area contributed by atoms with Gasteiger partial charge in [-0.05, 0) is 31.9 Å². The fraction of sp³-hybridized carbons (Fsp3) is 0.500. The van der Waals surface area contributed by atoms with E-state index < -0.39 is 44.2 Å². The van der Waals surface area contributed by atoms with Gasteiger partial charge in [0.05, 0.1) is 17.4 Å². The summed E-state index contributed by atoms with van der Waals surface area (Å²) in [5.41, 5.74) is -0.417. The Kier molecular flexibility index (Phi) is 4.73. The van der Waals surface area contributed by atoms with Gasteiger partial charge >= 0.3 is 0 Å². The highest BCUT2D eigenvalue weighted by atomic mass is 32.2. The highest BCUT2D eigenvalue weighted by Crippen LogP contribution is 2.20. The highest BCUT2D eigenvalue weighted by molar-refractivity contribution is 7.92. The zero-order valence-corrected chi connectivity index (χ0v) is 12.3. The van der Waals surface area contributed by atoms with Gasteiger partial charge in [0.2, 0.25) is 0 Å². The molecule has 2 unspecified atom stereocenters. The number of ketones is 1. The second kappa shape index (κ2) is 6.19. The molecule has 21 heavy (non-hydrogen) atoms. The minimum absolute atomic E-state index is 0.261. The molecule has 2 rings (SSSR count). The highest BCUT2D eigenvalue weighted by Gasteiger charge is 2.33. The first kappa shape index (κ1) is 16.0. The van der Waals surface area contributed by atoms with Crippen LogP contribution in [0.15, 0.2) is 18.2 Å². The Morgan fingerprint density at radius 2 is 2.14 bits per heavy atom. The van der Waals surface area contributed by atoms with Crippen molar-refractivity contribution in [1.29, 1.82) is 0 Å². The Morgan fingerprint density at radius 3 is 2.71 bits per heavy atom. The van der Waals surface area contributed by atoms with E-state index >= 15 is 0 Å². The van der Waals surface area contributed by atoms with Crippen LogP contribution in [-0.4, -0.2) is 37.9 Å². The number of ether oxygens (including phenoxy) is 1. The Bertz CT molecular complexity index is 636. The van der Waals surface area contributed by atoms with Gasteiger partial charge in [-0.2, -0.15) is 0 Å². The lowest BCUT2D eigenvalue weighted by molar-refractivity contribution is 0.0986. The molecule has 0 bridgehead atoms. The van der Waals surface area contributed by atoms with Gasteiger partial charge in [0, 0.05) is 12.7 Å². The third kappa shape index (κ3) is 3.65. The van der Waals surface area contributed by atoms with E-state index in [-0.39, 0.29) is 5.75 Å². The first-order valence-corrected chi connectivity index (χ1v) is 8.35. The molecule has 1 heterocycles. The van der Waals surface area contributed by atoms with Crippen LogP contribution in [0.3, 0.4) is 0 Å². The minimum Gasteiger partial charge on any atom is -0.377 e. The normalized spacial score (nSPS) is 20.4. The van der Waals surface area contributed by atoms with Crippen molar-refractivity contribution >= 4 is 15.6 Å². The van der Waals surface area contributed by atoms with Crippen LogP contribution in [0.1, 0.15) is 30.1 Å². The predicted molar refractivity (Wildman–Crippen MR) is 72.9 cm³/mol. The minimum atomic E-state index is -3.75. The van der Waals surface area contributed by atoms with Crippen LogP contribution in [0.2, 0.25) is 0 Å². The summed E-state index contributed by atoms with van der Waals surface area (Å²) in [5, 5.41) is -1.39. The van der Waals surface area contributed by atoms with Crippen LogP contribution >= 0.6 is 0 Å². The lowest BCUT2D eigenvalue weighted by Crippen LogP contribution is -2.34. The Labute approximate surface area is 122 Å². The molecular weight excluding hydrogens is 302 g/mol. The summed E-state index contributed by atoms with van der Waals surface area (Å²) in [6.07, 6.45) is 1.00. The molecule has 1 aliphatic rings. The van der Waals surface area contributed by atoms with Crippen LogP contribution in [-0.2, 0) is 14.6 Å². The number of sulfone groups is 1. The molecule has 116 valence electrons. The molecule has 1 aromatic rings. The average Bonchev–Trinajstić information content (AvgIpc) is 2.89. The van der Waals surface area contributed by atoms with Crippen molar-refractivity contribution in [3.63, 3.8) is 0 Å². The van der Waals surface area contributed by atoms with Gasteiger partial charge in [-0.3, -0.25) is 4.79 Å². The van der Waals surface area contributed by atoms with E-state index in [1.54, 1.807) is 0 Å². The number of rotatable bonds is 5. The van der Waals surface area contributed by atoms with Crippen LogP contribution in [0.25, 0.3) is 0 Å². The van der Waals surface area contributed by atoms with Gasteiger partial charge < -0.3 is 4.74 Å². The van der Waals surface area contributed by atoms with Crippen LogP contribution in [0.5, 0.6) is 0 Å². The van der Waals surface area contributed by atoms with Crippen molar-refractivity contribution in [2.75, 3.05) is 12.4 Å². The van der Waals surface area contributed by atoms with Crippen LogP contribution in [0, 0.1) is 11.6 Å². The van der Waals surface area contributed by atoms with Gasteiger partial charge in [0.1, 0.15) is 16.9 Å². The lowest BCUT2D eigenvalue weighted by Gasteiger charge is -2.15. The molecule has 0 spiro atoms. The number of carbonyl (C=O) groups is 1. The maximum atomic E-state index is 13.6. The molecule has 4 nitrogen and oxygen atoms in total. The summed E-state index contributed by atoms with van der Waals surface area (Å²) in [5.74, 6) is -3.01. The SMILES string of the molecule is CC(C(=O)c1ccc(F)cc1F)S(=O)(=O)CC1CCCO1. The van der Waals surface area contributed by atoms with Crippen molar-refractivity contribution in [3.05, 3.63) is 35.4 Å². The Balaban J connectivity index is 2.17. The van der Waals surface area contributed by atoms with Gasteiger partial charge in [-0.25, -0.2) is 17.2 Å². The summed E-state index contributed by atoms with van der Waals surface area (Å²) in [6, 6.07) is 2.45. The fourth-order valence-electron chi connectivity index (χ4n) is 2.25. The monoisotopic (exact) mass is 318 g/mol. The maximum Gasteiger partial charge on any atom is 0.183 e. The zero-order valence-electron chi connectivity index (χ0n) is 11.5. The van der Waals surface area contributed by atoms with Crippen molar-refractivity contribution < 1.29 is 26.7 Å². The standard InChI is InChI=1S/C14H16F2O4S/c1-9(21(18,19)8-11-3-2-6-20-11)14(17)12-5-4-10(15)7-13(12)16/h4-5,7,9,11H,2-3,6,8H2,1H3. The topological polar surface area (TPSA) is 60.4 Å². The third-order valence-electron chi connectivity index (χ3n) is 3.55. The molecule has 1 fully saturated rings. The van der Waals surface area contributed by atoms with E-state index in [0.29, 0.717) is 19.1 Å². The molecule has 1 aliphatic heterocycles. The van der Waals surface area contributed by atoms with E-state index in [4.69, 9.17) is 4.74 Å². The molecular formula is C14H16F2O4S. The molecule has 0 aliphatic carbocycles. The van der Waals surface area contributed by atoms with E-state index in [1.807, 2.05) is 0 Å². The molecule has 7 heteroatoms. The van der Waals surface area contributed by atoms with Crippen molar-refractivity contribution in [2.45, 2.75) is 31.1 Å². The van der Waals surface area contributed by atoms with Crippen molar-refractivity contribution in [3.8, 4) is 0 Å². The van der Waals surface area contributed by atoms with Gasteiger partial charge in [-0.15, -0.1) is 0 Å². The van der Waals surface area contributed by atoms with E-state index in [1.165, 1.54) is 6.92 Å². The van der Waals surface area contributed by atoms with Crippen LogP contribution < -0.4 is 0 Å². The second-order valence-corrected chi connectivity index (χ2v) is 7.46. The summed E-state index contributed by atoms with van der Waals surface area (Å²) in [6.45, 7) is 1.73. The molecule has 2 atom stereocenters. The van der Waals surface area contributed by atoms with Gasteiger partial charge in [-0.1, -0.05) is 0 Å². The number of carbonyl (C=O) groups excluding carboxylic acids is 1. The number of hydrogen-bond donors (Lipinski definition) is 0.